The number of benzene rings is 1. The lowest BCUT2D eigenvalue weighted by Gasteiger charge is -2.13. The summed E-state index contributed by atoms with van der Waals surface area (Å²) in [5.74, 6) is 0. The molecule has 1 N–H and O–H groups in total. The van der Waals surface area contributed by atoms with E-state index in [1.807, 2.05) is 32.7 Å². The van der Waals surface area contributed by atoms with Crippen molar-refractivity contribution in [2.75, 3.05) is 24.3 Å². The average Bonchev–Trinajstić information content (AvgIpc) is 2.57. The van der Waals surface area contributed by atoms with Gasteiger partial charge in [-0.3, -0.25) is 4.68 Å². The highest BCUT2D eigenvalue weighted by Gasteiger charge is 2.09. The number of hydrogen-bond donors (Lipinski definition) is 1. The van der Waals surface area contributed by atoms with E-state index in [1.54, 1.807) is 0 Å². The minimum atomic E-state index is 1.02. The van der Waals surface area contributed by atoms with Crippen molar-refractivity contribution in [3.63, 3.8) is 0 Å². The van der Waals surface area contributed by atoms with Gasteiger partial charge in [0.05, 0.1) is 17.1 Å². The van der Waals surface area contributed by atoms with Crippen molar-refractivity contribution in [2.45, 2.75) is 13.8 Å². The third kappa shape index (κ3) is 2.32. The molecule has 2 aromatic rings. The smallest absolute Gasteiger partial charge is 0.0831 e. The first-order valence-electron chi connectivity index (χ1n) is 6.03. The summed E-state index contributed by atoms with van der Waals surface area (Å²) in [5, 5.41) is 7.82. The van der Waals surface area contributed by atoms with Crippen LogP contribution in [0, 0.1) is 13.8 Å². The van der Waals surface area contributed by atoms with Crippen LogP contribution < -0.4 is 10.2 Å². The van der Waals surface area contributed by atoms with Crippen LogP contribution in [-0.4, -0.2) is 23.9 Å². The summed E-state index contributed by atoms with van der Waals surface area (Å²) in [5.41, 5.74) is 5.53. The fourth-order valence-corrected chi connectivity index (χ4v) is 1.94. The Morgan fingerprint density at radius 1 is 1.11 bits per heavy atom. The van der Waals surface area contributed by atoms with Gasteiger partial charge in [0.15, 0.2) is 0 Å². The fourth-order valence-electron chi connectivity index (χ4n) is 1.94. The number of anilines is 3. The SMILES string of the molecule is Cc1nn(C)c(C)c1Nc1ccc(N(C)C)cc1. The van der Waals surface area contributed by atoms with Crippen molar-refractivity contribution in [1.29, 1.82) is 0 Å². The molecule has 4 heteroatoms. The standard InChI is InChI=1S/C14H20N4/c1-10-14(11(2)18(5)16-10)15-12-6-8-13(9-7-12)17(3)4/h6-9,15H,1-5H3. The van der Waals surface area contributed by atoms with Crippen LogP contribution in [0.15, 0.2) is 24.3 Å². The van der Waals surface area contributed by atoms with Crippen LogP contribution >= 0.6 is 0 Å². The highest BCUT2D eigenvalue weighted by Crippen LogP contribution is 2.24. The zero-order chi connectivity index (χ0) is 13.3. The molecule has 0 bridgehead atoms. The number of aryl methyl sites for hydroxylation is 2. The molecule has 0 saturated heterocycles. The molecular weight excluding hydrogens is 224 g/mol. The molecule has 1 aromatic heterocycles. The summed E-state index contributed by atoms with van der Waals surface area (Å²) in [6.07, 6.45) is 0. The Labute approximate surface area is 108 Å². The maximum absolute atomic E-state index is 4.40. The van der Waals surface area contributed by atoms with Crippen LogP contribution in [0.1, 0.15) is 11.4 Å². The highest BCUT2D eigenvalue weighted by molar-refractivity contribution is 5.66. The molecule has 0 aliphatic rings. The quantitative estimate of drug-likeness (QED) is 0.901. The molecule has 0 aliphatic heterocycles. The van der Waals surface area contributed by atoms with Gasteiger partial charge in [0, 0.05) is 32.5 Å². The largest absolute Gasteiger partial charge is 0.378 e. The molecule has 2 rings (SSSR count). The molecule has 0 atom stereocenters. The van der Waals surface area contributed by atoms with Gasteiger partial charge < -0.3 is 10.2 Å². The van der Waals surface area contributed by atoms with E-state index in [2.05, 4.69) is 46.5 Å². The monoisotopic (exact) mass is 244 g/mol. The molecule has 0 unspecified atom stereocenters. The van der Waals surface area contributed by atoms with Crippen LogP contribution in [0.3, 0.4) is 0 Å². The lowest BCUT2D eigenvalue weighted by atomic mass is 10.2. The van der Waals surface area contributed by atoms with E-state index in [0.29, 0.717) is 0 Å². The van der Waals surface area contributed by atoms with Gasteiger partial charge in [-0.2, -0.15) is 5.10 Å². The maximum Gasteiger partial charge on any atom is 0.0831 e. The minimum Gasteiger partial charge on any atom is -0.378 e. The van der Waals surface area contributed by atoms with Gasteiger partial charge in [-0.25, -0.2) is 0 Å². The Bertz CT molecular complexity index is 538. The summed E-state index contributed by atoms with van der Waals surface area (Å²) in [4.78, 5) is 2.09. The third-order valence-electron chi connectivity index (χ3n) is 3.16. The average molecular weight is 244 g/mol. The first-order valence-corrected chi connectivity index (χ1v) is 6.03. The third-order valence-corrected chi connectivity index (χ3v) is 3.16. The van der Waals surface area contributed by atoms with Crippen molar-refractivity contribution in [3.8, 4) is 0 Å². The second-order valence-electron chi connectivity index (χ2n) is 4.74. The number of hydrogen-bond acceptors (Lipinski definition) is 3. The molecule has 96 valence electrons. The Kier molecular flexibility index (Phi) is 3.28. The normalized spacial score (nSPS) is 10.5. The maximum atomic E-state index is 4.40. The van der Waals surface area contributed by atoms with E-state index in [9.17, 15) is 0 Å². The van der Waals surface area contributed by atoms with Crippen molar-refractivity contribution >= 4 is 17.1 Å². The molecule has 1 aromatic carbocycles. The van der Waals surface area contributed by atoms with Crippen molar-refractivity contribution < 1.29 is 0 Å². The van der Waals surface area contributed by atoms with E-state index in [4.69, 9.17) is 0 Å². The number of nitrogens with zero attached hydrogens (tertiary/aromatic N) is 3. The Morgan fingerprint density at radius 2 is 1.72 bits per heavy atom. The van der Waals surface area contributed by atoms with Gasteiger partial charge in [-0.05, 0) is 38.1 Å². The minimum absolute atomic E-state index is 1.02. The summed E-state index contributed by atoms with van der Waals surface area (Å²) >= 11 is 0. The predicted octanol–water partition coefficient (Wildman–Crippen LogP) is 2.85. The van der Waals surface area contributed by atoms with Crippen molar-refractivity contribution in [3.05, 3.63) is 35.7 Å². The predicted molar refractivity (Wildman–Crippen MR) is 76.7 cm³/mol. The first-order chi connectivity index (χ1) is 8.49. The molecular formula is C14H20N4. The van der Waals surface area contributed by atoms with Gasteiger partial charge in [0.1, 0.15) is 0 Å². The van der Waals surface area contributed by atoms with Crippen LogP contribution in [-0.2, 0) is 7.05 Å². The zero-order valence-electron chi connectivity index (χ0n) is 11.7. The van der Waals surface area contributed by atoms with Crippen LogP contribution in [0.4, 0.5) is 17.1 Å². The summed E-state index contributed by atoms with van der Waals surface area (Å²) in [7, 11) is 6.04. The Hall–Kier alpha value is -1.97. The van der Waals surface area contributed by atoms with Gasteiger partial charge in [0.2, 0.25) is 0 Å². The van der Waals surface area contributed by atoms with Gasteiger partial charge in [-0.1, -0.05) is 0 Å². The topological polar surface area (TPSA) is 33.1 Å². The lowest BCUT2D eigenvalue weighted by Crippen LogP contribution is -2.08. The Morgan fingerprint density at radius 3 is 2.17 bits per heavy atom. The van der Waals surface area contributed by atoms with E-state index < -0.39 is 0 Å². The lowest BCUT2D eigenvalue weighted by molar-refractivity contribution is 0.731. The second-order valence-corrected chi connectivity index (χ2v) is 4.74. The molecule has 0 saturated carbocycles. The van der Waals surface area contributed by atoms with E-state index >= 15 is 0 Å². The van der Waals surface area contributed by atoms with E-state index in [-0.39, 0.29) is 0 Å². The van der Waals surface area contributed by atoms with Crippen molar-refractivity contribution in [1.82, 2.24) is 9.78 Å². The fraction of sp³-hybridized carbons (Fsp3) is 0.357. The van der Waals surface area contributed by atoms with Crippen LogP contribution in [0.2, 0.25) is 0 Å². The van der Waals surface area contributed by atoms with Crippen LogP contribution in [0.5, 0.6) is 0 Å². The number of rotatable bonds is 3. The van der Waals surface area contributed by atoms with Gasteiger partial charge >= 0.3 is 0 Å². The first kappa shape index (κ1) is 12.5. The van der Waals surface area contributed by atoms with Gasteiger partial charge in [0.25, 0.3) is 0 Å². The number of aromatic nitrogens is 2. The zero-order valence-corrected chi connectivity index (χ0v) is 11.7. The molecule has 4 nitrogen and oxygen atoms in total. The summed E-state index contributed by atoms with van der Waals surface area (Å²) in [6.45, 7) is 4.08. The molecule has 0 radical (unpaired) electrons. The summed E-state index contributed by atoms with van der Waals surface area (Å²) < 4.78 is 1.89. The highest BCUT2D eigenvalue weighted by atomic mass is 15.3. The van der Waals surface area contributed by atoms with Gasteiger partial charge in [-0.15, -0.1) is 0 Å². The molecule has 18 heavy (non-hydrogen) atoms. The second kappa shape index (κ2) is 4.72. The van der Waals surface area contributed by atoms with Crippen LogP contribution in [0.25, 0.3) is 0 Å². The molecule has 0 spiro atoms. The number of nitrogens with one attached hydrogen (secondary N) is 1. The Balaban J connectivity index is 2.23. The molecule has 0 aliphatic carbocycles. The van der Waals surface area contributed by atoms with Crippen molar-refractivity contribution in [2.24, 2.45) is 7.05 Å². The molecule has 0 fully saturated rings. The molecule has 1 heterocycles. The summed E-state index contributed by atoms with van der Waals surface area (Å²) in [6, 6.07) is 8.37. The van der Waals surface area contributed by atoms with E-state index in [1.165, 1.54) is 5.69 Å². The van der Waals surface area contributed by atoms with E-state index in [0.717, 1.165) is 22.8 Å². The molecule has 0 amide bonds.